The molecule has 1 heterocycles. The second-order valence-electron chi connectivity index (χ2n) is 6.91. The molecule has 7 nitrogen and oxygen atoms in total. The molecule has 3 aromatic rings. The first-order valence-electron chi connectivity index (χ1n) is 9.85. The molecule has 1 N–H and O–H groups in total. The number of para-hydroxylation sites is 3. The molecule has 160 valence electrons. The highest BCUT2D eigenvalue weighted by Crippen LogP contribution is 2.29. The van der Waals surface area contributed by atoms with Crippen LogP contribution in [0.1, 0.15) is 10.4 Å². The van der Waals surface area contributed by atoms with Gasteiger partial charge in [0.25, 0.3) is 5.91 Å². The largest absolute Gasteiger partial charge is 0.455 e. The van der Waals surface area contributed by atoms with Gasteiger partial charge in [0.2, 0.25) is 10.0 Å². The summed E-state index contributed by atoms with van der Waals surface area (Å²) in [5.41, 5.74) is 0.724. The first kappa shape index (κ1) is 21.0. The van der Waals surface area contributed by atoms with Crippen molar-refractivity contribution < 1.29 is 22.7 Å². The van der Waals surface area contributed by atoms with E-state index in [-0.39, 0.29) is 10.5 Å². The maximum Gasteiger partial charge on any atom is 0.255 e. The first-order valence-corrected chi connectivity index (χ1v) is 11.3. The Hall–Kier alpha value is -3.20. The van der Waals surface area contributed by atoms with Crippen molar-refractivity contribution in [2.45, 2.75) is 4.90 Å². The zero-order valence-electron chi connectivity index (χ0n) is 16.7. The highest BCUT2D eigenvalue weighted by atomic mass is 32.2. The third-order valence-corrected chi connectivity index (χ3v) is 6.70. The summed E-state index contributed by atoms with van der Waals surface area (Å²) in [5.74, 6) is 0.699. The van der Waals surface area contributed by atoms with E-state index in [0.717, 1.165) is 0 Å². The Balaban J connectivity index is 1.54. The number of rotatable bonds is 6. The van der Waals surface area contributed by atoms with Crippen molar-refractivity contribution in [2.24, 2.45) is 0 Å². The highest BCUT2D eigenvalue weighted by Gasteiger charge is 2.27. The van der Waals surface area contributed by atoms with Crippen LogP contribution in [0.5, 0.6) is 11.5 Å². The van der Waals surface area contributed by atoms with Crippen LogP contribution in [0.3, 0.4) is 0 Å². The maximum absolute atomic E-state index is 12.9. The average molecular weight is 439 g/mol. The Kier molecular flexibility index (Phi) is 6.31. The Bertz CT molecular complexity index is 1160. The van der Waals surface area contributed by atoms with Crippen LogP contribution in [-0.4, -0.2) is 44.9 Å². The van der Waals surface area contributed by atoms with Gasteiger partial charge < -0.3 is 14.8 Å². The second kappa shape index (κ2) is 9.30. The summed E-state index contributed by atoms with van der Waals surface area (Å²) < 4.78 is 38.3. The number of benzene rings is 3. The Labute approximate surface area is 181 Å². The number of nitrogens with zero attached hydrogens (tertiary/aromatic N) is 1. The number of carbonyl (C=O) groups is 1. The van der Waals surface area contributed by atoms with Crippen molar-refractivity contribution in [1.82, 2.24) is 4.31 Å². The van der Waals surface area contributed by atoms with Gasteiger partial charge in [-0.15, -0.1) is 0 Å². The molecular formula is C23H22N2O5S. The summed E-state index contributed by atoms with van der Waals surface area (Å²) in [6, 6.07) is 22.3. The van der Waals surface area contributed by atoms with E-state index >= 15 is 0 Å². The summed E-state index contributed by atoms with van der Waals surface area (Å²) in [5, 5.41) is 2.81. The van der Waals surface area contributed by atoms with E-state index in [4.69, 9.17) is 9.47 Å². The van der Waals surface area contributed by atoms with Gasteiger partial charge in [-0.25, -0.2) is 8.42 Å². The lowest BCUT2D eigenvalue weighted by atomic mass is 10.2. The third-order valence-electron chi connectivity index (χ3n) is 4.81. The van der Waals surface area contributed by atoms with E-state index in [0.29, 0.717) is 43.5 Å². The first-order chi connectivity index (χ1) is 15.0. The van der Waals surface area contributed by atoms with Gasteiger partial charge in [-0.3, -0.25) is 4.79 Å². The van der Waals surface area contributed by atoms with Crippen LogP contribution in [0.4, 0.5) is 5.69 Å². The molecule has 0 radical (unpaired) electrons. The Morgan fingerprint density at radius 1 is 0.903 bits per heavy atom. The van der Waals surface area contributed by atoms with Crippen LogP contribution in [0, 0.1) is 0 Å². The lowest BCUT2D eigenvalue weighted by molar-refractivity contribution is 0.0730. The quantitative estimate of drug-likeness (QED) is 0.634. The molecule has 1 aliphatic heterocycles. The van der Waals surface area contributed by atoms with Crippen LogP contribution in [0.15, 0.2) is 83.8 Å². The molecule has 4 rings (SSSR count). The van der Waals surface area contributed by atoms with Crippen molar-refractivity contribution in [2.75, 3.05) is 31.6 Å². The standard InChI is InChI=1S/C23H22N2O5S/c26-23(24-21-11-4-5-12-22(21)30-19-8-2-1-3-9-19)18-7-6-10-20(17-18)31(27,28)25-13-15-29-16-14-25/h1-12,17H,13-16H2,(H,24,26). The van der Waals surface area contributed by atoms with Gasteiger partial charge in [0, 0.05) is 18.7 Å². The highest BCUT2D eigenvalue weighted by molar-refractivity contribution is 7.89. The summed E-state index contributed by atoms with van der Waals surface area (Å²) in [6.07, 6.45) is 0. The molecule has 8 heteroatoms. The Morgan fingerprint density at radius 2 is 1.61 bits per heavy atom. The van der Waals surface area contributed by atoms with Crippen molar-refractivity contribution in [3.05, 3.63) is 84.4 Å². The molecule has 1 fully saturated rings. The number of hydrogen-bond acceptors (Lipinski definition) is 5. The van der Waals surface area contributed by atoms with Gasteiger partial charge in [-0.2, -0.15) is 4.31 Å². The molecule has 1 aliphatic rings. The van der Waals surface area contributed by atoms with Gasteiger partial charge in [0.1, 0.15) is 5.75 Å². The normalized spacial score (nSPS) is 14.7. The lowest BCUT2D eigenvalue weighted by Gasteiger charge is -2.26. The van der Waals surface area contributed by atoms with E-state index in [9.17, 15) is 13.2 Å². The summed E-state index contributed by atoms with van der Waals surface area (Å²) in [4.78, 5) is 13.0. The van der Waals surface area contributed by atoms with Crippen LogP contribution >= 0.6 is 0 Å². The second-order valence-corrected chi connectivity index (χ2v) is 8.85. The number of ether oxygens (including phenoxy) is 2. The van der Waals surface area contributed by atoms with E-state index in [1.54, 1.807) is 30.3 Å². The van der Waals surface area contributed by atoms with Gasteiger partial charge in [-0.05, 0) is 42.5 Å². The summed E-state index contributed by atoms with van der Waals surface area (Å²) >= 11 is 0. The fourth-order valence-corrected chi connectivity index (χ4v) is 4.66. The molecule has 31 heavy (non-hydrogen) atoms. The fraction of sp³-hybridized carbons (Fsp3) is 0.174. The monoisotopic (exact) mass is 438 g/mol. The number of sulfonamides is 1. The van der Waals surface area contributed by atoms with E-state index in [2.05, 4.69) is 5.32 Å². The van der Waals surface area contributed by atoms with Crippen molar-refractivity contribution in [1.29, 1.82) is 0 Å². The zero-order valence-corrected chi connectivity index (χ0v) is 17.5. The van der Waals surface area contributed by atoms with Gasteiger partial charge in [0.05, 0.1) is 23.8 Å². The molecule has 3 aromatic carbocycles. The maximum atomic E-state index is 12.9. The summed E-state index contributed by atoms with van der Waals surface area (Å²) in [7, 11) is -3.69. The lowest BCUT2D eigenvalue weighted by Crippen LogP contribution is -2.40. The minimum absolute atomic E-state index is 0.0795. The number of amides is 1. The topological polar surface area (TPSA) is 84.9 Å². The third kappa shape index (κ3) is 4.93. The van der Waals surface area contributed by atoms with E-state index in [1.165, 1.54) is 16.4 Å². The fourth-order valence-electron chi connectivity index (χ4n) is 3.20. The molecule has 0 bridgehead atoms. The van der Waals surface area contributed by atoms with Gasteiger partial charge >= 0.3 is 0 Å². The van der Waals surface area contributed by atoms with Crippen LogP contribution in [0.2, 0.25) is 0 Å². The van der Waals surface area contributed by atoms with Crippen molar-refractivity contribution in [3.8, 4) is 11.5 Å². The van der Waals surface area contributed by atoms with Crippen LogP contribution in [0.25, 0.3) is 0 Å². The van der Waals surface area contributed by atoms with E-state index in [1.807, 2.05) is 36.4 Å². The predicted octanol–water partition coefficient (Wildman–Crippen LogP) is 3.75. The molecular weight excluding hydrogens is 416 g/mol. The number of carbonyl (C=O) groups excluding carboxylic acids is 1. The smallest absolute Gasteiger partial charge is 0.255 e. The SMILES string of the molecule is O=C(Nc1ccccc1Oc1ccccc1)c1cccc(S(=O)(=O)N2CCOCC2)c1. The number of nitrogens with one attached hydrogen (secondary N) is 1. The van der Waals surface area contributed by atoms with Crippen LogP contribution in [-0.2, 0) is 14.8 Å². The van der Waals surface area contributed by atoms with Gasteiger partial charge in [0.15, 0.2) is 5.75 Å². The number of anilines is 1. The molecule has 0 spiro atoms. The Morgan fingerprint density at radius 3 is 2.39 bits per heavy atom. The predicted molar refractivity (Wildman–Crippen MR) is 117 cm³/mol. The average Bonchev–Trinajstić information content (AvgIpc) is 2.81. The number of morpholine rings is 1. The molecule has 1 amide bonds. The molecule has 0 aromatic heterocycles. The molecule has 1 saturated heterocycles. The summed E-state index contributed by atoms with van der Waals surface area (Å²) in [6.45, 7) is 1.31. The zero-order chi connectivity index (χ0) is 21.7. The van der Waals surface area contributed by atoms with E-state index < -0.39 is 15.9 Å². The van der Waals surface area contributed by atoms with Crippen LogP contribution < -0.4 is 10.1 Å². The number of hydrogen-bond donors (Lipinski definition) is 1. The minimum atomic E-state index is -3.69. The minimum Gasteiger partial charge on any atom is -0.455 e. The molecule has 0 saturated carbocycles. The van der Waals surface area contributed by atoms with Gasteiger partial charge in [-0.1, -0.05) is 36.4 Å². The van der Waals surface area contributed by atoms with Crippen molar-refractivity contribution in [3.63, 3.8) is 0 Å². The van der Waals surface area contributed by atoms with Crippen molar-refractivity contribution >= 4 is 21.6 Å². The molecule has 0 aliphatic carbocycles. The molecule has 0 unspecified atom stereocenters. The molecule has 0 atom stereocenters.